The highest BCUT2D eigenvalue weighted by atomic mass is 35.5. The molecule has 0 radical (unpaired) electrons. The van der Waals surface area contributed by atoms with Crippen LogP contribution in [0.3, 0.4) is 0 Å². The molecule has 3 fully saturated rings. The lowest BCUT2D eigenvalue weighted by Gasteiger charge is -2.59. The van der Waals surface area contributed by atoms with Gasteiger partial charge in [-0.25, -0.2) is 9.37 Å². The Hall–Kier alpha value is -2.97. The van der Waals surface area contributed by atoms with Crippen molar-refractivity contribution >= 4 is 17.4 Å². The molecule has 2 aromatic heterocycles. The lowest BCUT2D eigenvalue weighted by Crippen LogP contribution is -2.69. The summed E-state index contributed by atoms with van der Waals surface area (Å²) in [6, 6.07) is 6.45. The summed E-state index contributed by atoms with van der Waals surface area (Å²) < 4.78 is 103. The average Bonchev–Trinajstić information content (AvgIpc) is 3.11. The minimum atomic E-state index is -4.68. The molecular formula is C26H22ClF7N6O. The summed E-state index contributed by atoms with van der Waals surface area (Å²) in [5, 5.41) is 9.08. The van der Waals surface area contributed by atoms with E-state index >= 15 is 0 Å². The van der Waals surface area contributed by atoms with E-state index in [-0.39, 0.29) is 30.2 Å². The molecule has 2 saturated heterocycles. The summed E-state index contributed by atoms with van der Waals surface area (Å²) in [5.41, 5.74) is -2.29. The molecular weight excluding hydrogens is 581 g/mol. The predicted molar refractivity (Wildman–Crippen MR) is 131 cm³/mol. The monoisotopic (exact) mass is 602 g/mol. The van der Waals surface area contributed by atoms with E-state index in [1.54, 1.807) is 22.8 Å². The fourth-order valence-electron chi connectivity index (χ4n) is 6.56. The molecule has 1 aliphatic carbocycles. The van der Waals surface area contributed by atoms with Crippen molar-refractivity contribution in [3.8, 4) is 5.69 Å². The van der Waals surface area contributed by atoms with Crippen molar-refractivity contribution in [2.45, 2.75) is 49.7 Å². The van der Waals surface area contributed by atoms with Crippen LogP contribution in [0.25, 0.3) is 5.69 Å². The van der Waals surface area contributed by atoms with Gasteiger partial charge in [-0.05, 0) is 48.7 Å². The van der Waals surface area contributed by atoms with E-state index in [0.29, 0.717) is 59.9 Å². The molecule has 0 atom stereocenters. The molecule has 0 N–H and O–H groups in total. The van der Waals surface area contributed by atoms with Gasteiger partial charge in [-0.2, -0.15) is 26.3 Å². The zero-order chi connectivity index (χ0) is 28.9. The molecule has 41 heavy (non-hydrogen) atoms. The van der Waals surface area contributed by atoms with Crippen LogP contribution in [-0.2, 0) is 24.0 Å². The van der Waals surface area contributed by atoms with Gasteiger partial charge in [-0.15, -0.1) is 10.2 Å². The fraction of sp³-hybridized carbons (Fsp3) is 0.500. The number of nitrogens with zero attached hydrogens (tertiary/aromatic N) is 6. The maximum atomic E-state index is 14.3. The van der Waals surface area contributed by atoms with Gasteiger partial charge in [0.2, 0.25) is 0 Å². The van der Waals surface area contributed by atoms with Crippen LogP contribution in [0.4, 0.5) is 36.6 Å². The largest absolute Gasteiger partial charge is 0.433 e. The molecule has 0 amide bonds. The molecule has 218 valence electrons. The first kappa shape index (κ1) is 26.9. The summed E-state index contributed by atoms with van der Waals surface area (Å²) in [6.07, 6.45) is -7.96. The number of fused-ring (bicyclic) bond motifs is 3. The minimum absolute atomic E-state index is 0.0132. The van der Waals surface area contributed by atoms with Gasteiger partial charge in [0.05, 0.1) is 25.4 Å². The van der Waals surface area contributed by atoms with E-state index < -0.39 is 42.6 Å². The topological polar surface area (TPSA) is 59.3 Å². The Morgan fingerprint density at radius 2 is 1.68 bits per heavy atom. The first-order chi connectivity index (χ1) is 19.3. The molecule has 7 rings (SSSR count). The Morgan fingerprint density at radius 3 is 2.32 bits per heavy atom. The van der Waals surface area contributed by atoms with Crippen molar-refractivity contribution in [1.29, 1.82) is 0 Å². The van der Waals surface area contributed by atoms with E-state index in [1.807, 2.05) is 0 Å². The van der Waals surface area contributed by atoms with Gasteiger partial charge in [0.15, 0.2) is 23.0 Å². The number of ether oxygens (including phenoxy) is 1. The molecule has 1 saturated carbocycles. The number of alkyl halides is 6. The van der Waals surface area contributed by atoms with Gasteiger partial charge in [0, 0.05) is 36.0 Å². The van der Waals surface area contributed by atoms with Crippen LogP contribution in [-0.4, -0.2) is 62.7 Å². The van der Waals surface area contributed by atoms with Gasteiger partial charge in [-0.3, -0.25) is 9.47 Å². The van der Waals surface area contributed by atoms with E-state index in [2.05, 4.69) is 15.2 Å². The van der Waals surface area contributed by atoms with E-state index in [0.717, 1.165) is 6.07 Å². The Morgan fingerprint density at radius 1 is 0.951 bits per heavy atom. The lowest BCUT2D eigenvalue weighted by atomic mass is 9.57. The third-order valence-electron chi connectivity index (χ3n) is 8.74. The highest BCUT2D eigenvalue weighted by molar-refractivity contribution is 6.30. The number of benzene rings is 1. The Bertz CT molecular complexity index is 1520. The number of anilines is 1. The molecule has 5 heterocycles. The van der Waals surface area contributed by atoms with Crippen LogP contribution in [0.1, 0.15) is 41.7 Å². The van der Waals surface area contributed by atoms with E-state index in [9.17, 15) is 30.7 Å². The second-order valence-electron chi connectivity index (χ2n) is 11.4. The third kappa shape index (κ3) is 4.12. The standard InChI is InChI=1S/C26H22ClF7N6O/c27-16-1-3-18-14(5-16)8-39(24(12-41-13-24)26(32,33)34)9-20-36-37-21(40(18)20)15-6-23(7-15)10-38(11-23)22-17(28)2-4-19(35-22)25(29,30)31/h1-5,15H,6-13H2. The number of halogens is 8. The summed E-state index contributed by atoms with van der Waals surface area (Å²) >= 11 is 6.24. The van der Waals surface area contributed by atoms with Crippen LogP contribution >= 0.6 is 11.6 Å². The van der Waals surface area contributed by atoms with Gasteiger partial charge >= 0.3 is 12.4 Å². The zero-order valence-corrected chi connectivity index (χ0v) is 22.0. The lowest BCUT2D eigenvalue weighted by molar-refractivity contribution is -0.310. The maximum absolute atomic E-state index is 14.3. The molecule has 0 bridgehead atoms. The first-order valence-electron chi connectivity index (χ1n) is 12.9. The summed E-state index contributed by atoms with van der Waals surface area (Å²) in [4.78, 5) is 6.33. The number of hydrogen-bond donors (Lipinski definition) is 0. The number of aromatic nitrogens is 4. The van der Waals surface area contributed by atoms with Crippen LogP contribution < -0.4 is 4.90 Å². The first-order valence-corrected chi connectivity index (χ1v) is 13.3. The van der Waals surface area contributed by atoms with Crippen LogP contribution in [0.5, 0.6) is 0 Å². The van der Waals surface area contributed by atoms with Crippen molar-refractivity contribution in [1.82, 2.24) is 24.6 Å². The predicted octanol–water partition coefficient (Wildman–Crippen LogP) is 5.50. The second kappa shape index (κ2) is 8.77. The second-order valence-corrected chi connectivity index (χ2v) is 11.9. The van der Waals surface area contributed by atoms with Gasteiger partial charge in [-0.1, -0.05) is 11.6 Å². The third-order valence-corrected chi connectivity index (χ3v) is 8.97. The summed E-state index contributed by atoms with van der Waals surface area (Å²) in [7, 11) is 0. The van der Waals surface area contributed by atoms with Crippen LogP contribution in [0.15, 0.2) is 30.3 Å². The van der Waals surface area contributed by atoms with Crippen molar-refractivity contribution in [2.75, 3.05) is 31.2 Å². The Labute approximate surface area is 233 Å². The average molecular weight is 603 g/mol. The van der Waals surface area contributed by atoms with Crippen LogP contribution in [0, 0.1) is 11.2 Å². The molecule has 3 aliphatic heterocycles. The van der Waals surface area contributed by atoms with Gasteiger partial charge in [0.1, 0.15) is 11.5 Å². The normalized spacial score (nSPS) is 21.9. The summed E-state index contributed by atoms with van der Waals surface area (Å²) in [6.45, 7) is -0.394. The highest BCUT2D eigenvalue weighted by Crippen LogP contribution is 2.57. The smallest absolute Gasteiger partial charge is 0.377 e. The molecule has 1 spiro atoms. The fourth-order valence-corrected chi connectivity index (χ4v) is 6.76. The van der Waals surface area contributed by atoms with Crippen molar-refractivity contribution in [3.63, 3.8) is 0 Å². The minimum Gasteiger partial charge on any atom is -0.377 e. The van der Waals surface area contributed by atoms with Crippen molar-refractivity contribution < 1.29 is 35.5 Å². The number of hydrogen-bond acceptors (Lipinski definition) is 6. The van der Waals surface area contributed by atoms with Crippen LogP contribution in [0.2, 0.25) is 5.02 Å². The molecule has 3 aromatic rings. The Kier molecular flexibility index (Phi) is 5.75. The van der Waals surface area contributed by atoms with Gasteiger partial charge in [0.25, 0.3) is 0 Å². The molecule has 7 nitrogen and oxygen atoms in total. The molecule has 15 heteroatoms. The molecule has 1 aromatic carbocycles. The number of rotatable bonds is 3. The zero-order valence-electron chi connectivity index (χ0n) is 21.2. The summed E-state index contributed by atoms with van der Waals surface area (Å²) in [5.74, 6) is -0.266. The van der Waals surface area contributed by atoms with E-state index in [4.69, 9.17) is 16.3 Å². The SMILES string of the molecule is Fc1ccc(C(F)(F)F)nc1N1CC2(CC(c3nnc4n3-c3ccc(Cl)cc3CN(C3(C(F)(F)F)COC3)C4)C2)C1. The van der Waals surface area contributed by atoms with Crippen molar-refractivity contribution in [2.24, 2.45) is 5.41 Å². The number of pyridine rings is 1. The Balaban J connectivity index is 1.14. The molecule has 4 aliphatic rings. The van der Waals surface area contributed by atoms with E-state index in [1.165, 1.54) is 9.80 Å². The maximum Gasteiger partial charge on any atom is 0.433 e. The van der Waals surface area contributed by atoms with Gasteiger partial charge < -0.3 is 9.64 Å². The highest BCUT2D eigenvalue weighted by Gasteiger charge is 2.64. The quantitative estimate of drug-likeness (QED) is 0.369. The molecule has 0 unspecified atom stereocenters. The van der Waals surface area contributed by atoms with Crippen molar-refractivity contribution in [3.05, 3.63) is 64.1 Å².